The lowest BCUT2D eigenvalue weighted by Gasteiger charge is -2.19. The van der Waals surface area contributed by atoms with E-state index in [0.29, 0.717) is 11.1 Å². The molecule has 1 fully saturated rings. The second-order valence-corrected chi connectivity index (χ2v) is 4.52. The minimum Gasteiger partial charge on any atom is -0.316 e. The molecule has 16 heavy (non-hydrogen) atoms. The molecular formula is C11H13ClN4. The van der Waals surface area contributed by atoms with Crippen LogP contribution in [-0.4, -0.2) is 27.7 Å². The molecule has 0 spiro atoms. The predicted molar refractivity (Wildman–Crippen MR) is 62.8 cm³/mol. The monoisotopic (exact) mass is 236 g/mol. The standard InChI is InChI=1S/C11H13ClN4/c12-9-4-1-5-10-14-11(15-16(9)10)8-3-2-6-13-7-8/h1,4-5,8,13H,2-3,6-7H2. The molecule has 0 aromatic carbocycles. The second-order valence-electron chi connectivity index (χ2n) is 4.13. The molecule has 1 unspecified atom stereocenters. The second kappa shape index (κ2) is 4.03. The third-order valence-corrected chi connectivity index (χ3v) is 3.28. The maximum absolute atomic E-state index is 6.05. The third-order valence-electron chi connectivity index (χ3n) is 2.99. The number of nitrogens with zero attached hydrogens (tertiary/aromatic N) is 3. The molecule has 5 heteroatoms. The highest BCUT2D eigenvalue weighted by Gasteiger charge is 2.19. The van der Waals surface area contributed by atoms with Crippen LogP contribution in [0.1, 0.15) is 24.6 Å². The molecule has 3 rings (SSSR count). The van der Waals surface area contributed by atoms with Gasteiger partial charge in [0.25, 0.3) is 0 Å². The molecule has 4 nitrogen and oxygen atoms in total. The van der Waals surface area contributed by atoms with E-state index < -0.39 is 0 Å². The highest BCUT2D eigenvalue weighted by atomic mass is 35.5. The number of piperidine rings is 1. The molecular weight excluding hydrogens is 224 g/mol. The fourth-order valence-electron chi connectivity index (χ4n) is 2.14. The minimum atomic E-state index is 0.421. The summed E-state index contributed by atoms with van der Waals surface area (Å²) in [5, 5.41) is 8.45. The van der Waals surface area contributed by atoms with Gasteiger partial charge in [-0.15, -0.1) is 5.10 Å². The topological polar surface area (TPSA) is 42.2 Å². The lowest BCUT2D eigenvalue weighted by atomic mass is 9.99. The van der Waals surface area contributed by atoms with E-state index in [1.165, 1.54) is 6.42 Å². The molecule has 3 heterocycles. The molecule has 2 aromatic rings. The Kier molecular flexibility index (Phi) is 2.53. The first-order valence-electron chi connectivity index (χ1n) is 5.56. The molecule has 1 aliphatic heterocycles. The lowest BCUT2D eigenvalue weighted by Crippen LogP contribution is -2.28. The summed E-state index contributed by atoms with van der Waals surface area (Å²) in [7, 11) is 0. The molecule has 1 saturated heterocycles. The highest BCUT2D eigenvalue weighted by Crippen LogP contribution is 2.21. The van der Waals surface area contributed by atoms with Crippen LogP contribution in [0.5, 0.6) is 0 Å². The van der Waals surface area contributed by atoms with Gasteiger partial charge in [0.2, 0.25) is 0 Å². The Labute approximate surface area is 98.6 Å². The van der Waals surface area contributed by atoms with Crippen LogP contribution < -0.4 is 5.32 Å². The van der Waals surface area contributed by atoms with Gasteiger partial charge in [0.15, 0.2) is 11.5 Å². The van der Waals surface area contributed by atoms with Gasteiger partial charge in [0, 0.05) is 12.5 Å². The summed E-state index contributed by atoms with van der Waals surface area (Å²) in [4.78, 5) is 4.52. The van der Waals surface area contributed by atoms with Crippen LogP contribution in [0.4, 0.5) is 0 Å². The zero-order valence-electron chi connectivity index (χ0n) is 8.86. The minimum absolute atomic E-state index is 0.421. The summed E-state index contributed by atoms with van der Waals surface area (Å²) in [6, 6.07) is 5.65. The van der Waals surface area contributed by atoms with Crippen LogP contribution in [-0.2, 0) is 0 Å². The maximum atomic E-state index is 6.05. The van der Waals surface area contributed by atoms with E-state index in [2.05, 4.69) is 15.4 Å². The number of nitrogens with one attached hydrogen (secondary N) is 1. The maximum Gasteiger partial charge on any atom is 0.157 e. The van der Waals surface area contributed by atoms with E-state index in [1.54, 1.807) is 4.52 Å². The van der Waals surface area contributed by atoms with Gasteiger partial charge in [-0.25, -0.2) is 9.50 Å². The van der Waals surface area contributed by atoms with Crippen molar-refractivity contribution in [2.24, 2.45) is 0 Å². The Bertz CT molecular complexity index is 502. The van der Waals surface area contributed by atoms with E-state index in [4.69, 9.17) is 11.6 Å². The Morgan fingerprint density at radius 3 is 3.12 bits per heavy atom. The Balaban J connectivity index is 2.01. The summed E-state index contributed by atoms with van der Waals surface area (Å²) in [5.74, 6) is 1.32. The Hall–Kier alpha value is -1.13. The van der Waals surface area contributed by atoms with Gasteiger partial charge in [-0.1, -0.05) is 17.7 Å². The van der Waals surface area contributed by atoms with E-state index in [0.717, 1.165) is 31.0 Å². The zero-order valence-corrected chi connectivity index (χ0v) is 9.61. The first kappa shape index (κ1) is 10.1. The van der Waals surface area contributed by atoms with Crippen LogP contribution in [0.3, 0.4) is 0 Å². The molecule has 0 bridgehead atoms. The smallest absolute Gasteiger partial charge is 0.157 e. The number of rotatable bonds is 1. The van der Waals surface area contributed by atoms with Gasteiger partial charge in [-0.3, -0.25) is 0 Å². The van der Waals surface area contributed by atoms with Gasteiger partial charge in [-0.05, 0) is 31.5 Å². The number of pyridine rings is 1. The van der Waals surface area contributed by atoms with Gasteiger partial charge >= 0.3 is 0 Å². The first-order valence-corrected chi connectivity index (χ1v) is 5.94. The summed E-state index contributed by atoms with van der Waals surface area (Å²) in [6.45, 7) is 2.07. The van der Waals surface area contributed by atoms with Gasteiger partial charge in [0.05, 0.1) is 0 Å². The van der Waals surface area contributed by atoms with Crippen molar-refractivity contribution < 1.29 is 0 Å². The van der Waals surface area contributed by atoms with Gasteiger partial charge in [-0.2, -0.15) is 0 Å². The zero-order chi connectivity index (χ0) is 11.0. The lowest BCUT2D eigenvalue weighted by molar-refractivity contribution is 0.447. The normalized spacial score (nSPS) is 21.4. The van der Waals surface area contributed by atoms with Crippen molar-refractivity contribution in [3.63, 3.8) is 0 Å². The summed E-state index contributed by atoms with van der Waals surface area (Å²) >= 11 is 6.05. The first-order chi connectivity index (χ1) is 7.84. The molecule has 2 aromatic heterocycles. The van der Waals surface area contributed by atoms with E-state index in [9.17, 15) is 0 Å². The highest BCUT2D eigenvalue weighted by molar-refractivity contribution is 6.29. The predicted octanol–water partition coefficient (Wildman–Crippen LogP) is 1.85. The third kappa shape index (κ3) is 1.68. The van der Waals surface area contributed by atoms with Gasteiger partial charge in [0.1, 0.15) is 5.15 Å². The van der Waals surface area contributed by atoms with Crippen LogP contribution >= 0.6 is 11.6 Å². The number of aromatic nitrogens is 3. The largest absolute Gasteiger partial charge is 0.316 e. The van der Waals surface area contributed by atoms with Crippen LogP contribution in [0.25, 0.3) is 5.65 Å². The number of halogens is 1. The molecule has 0 radical (unpaired) electrons. The molecule has 1 N–H and O–H groups in total. The molecule has 1 atom stereocenters. The van der Waals surface area contributed by atoms with Crippen molar-refractivity contribution in [2.75, 3.05) is 13.1 Å². The quantitative estimate of drug-likeness (QED) is 0.769. The molecule has 0 amide bonds. The van der Waals surface area contributed by atoms with Gasteiger partial charge < -0.3 is 5.32 Å². The van der Waals surface area contributed by atoms with Crippen LogP contribution in [0, 0.1) is 0 Å². The number of hydrogen-bond acceptors (Lipinski definition) is 3. The van der Waals surface area contributed by atoms with E-state index >= 15 is 0 Å². The summed E-state index contributed by atoms with van der Waals surface area (Å²) < 4.78 is 1.70. The summed E-state index contributed by atoms with van der Waals surface area (Å²) in [5.41, 5.74) is 0.827. The Morgan fingerprint density at radius 1 is 1.44 bits per heavy atom. The van der Waals surface area contributed by atoms with Crippen molar-refractivity contribution in [1.82, 2.24) is 19.9 Å². The van der Waals surface area contributed by atoms with E-state index in [1.807, 2.05) is 18.2 Å². The molecule has 84 valence electrons. The number of fused-ring (bicyclic) bond motifs is 1. The van der Waals surface area contributed by atoms with Crippen LogP contribution in [0.15, 0.2) is 18.2 Å². The average Bonchev–Trinajstić information content (AvgIpc) is 2.76. The van der Waals surface area contributed by atoms with Crippen molar-refractivity contribution in [3.8, 4) is 0 Å². The van der Waals surface area contributed by atoms with Crippen molar-refractivity contribution in [2.45, 2.75) is 18.8 Å². The molecule has 1 aliphatic rings. The molecule has 0 saturated carbocycles. The summed E-state index contributed by atoms with van der Waals surface area (Å²) in [6.07, 6.45) is 2.34. The molecule has 0 aliphatic carbocycles. The van der Waals surface area contributed by atoms with Crippen LogP contribution in [0.2, 0.25) is 5.15 Å². The fourth-order valence-corrected chi connectivity index (χ4v) is 2.33. The van der Waals surface area contributed by atoms with Crippen molar-refractivity contribution in [1.29, 1.82) is 0 Å². The van der Waals surface area contributed by atoms with Crippen molar-refractivity contribution in [3.05, 3.63) is 29.2 Å². The Morgan fingerprint density at radius 2 is 2.38 bits per heavy atom. The SMILES string of the molecule is Clc1cccc2nc(C3CCCNC3)nn12. The van der Waals surface area contributed by atoms with E-state index in [-0.39, 0.29) is 0 Å². The average molecular weight is 237 g/mol. The van der Waals surface area contributed by atoms with Crippen molar-refractivity contribution >= 4 is 17.2 Å². The fraction of sp³-hybridized carbons (Fsp3) is 0.455. The number of hydrogen-bond donors (Lipinski definition) is 1.